The molecule has 0 spiro atoms. The predicted octanol–water partition coefficient (Wildman–Crippen LogP) is 4.09. The summed E-state index contributed by atoms with van der Waals surface area (Å²) in [7, 11) is 0. The van der Waals surface area contributed by atoms with E-state index in [-0.39, 0.29) is 12.1 Å². The fourth-order valence-electron chi connectivity index (χ4n) is 2.14. The smallest absolute Gasteiger partial charge is 0.325 e. The zero-order valence-electron chi connectivity index (χ0n) is 9.96. The Morgan fingerprint density at radius 1 is 1.32 bits per heavy atom. The van der Waals surface area contributed by atoms with E-state index < -0.39 is 11.9 Å². The summed E-state index contributed by atoms with van der Waals surface area (Å²) in [5, 5.41) is 0.487. The van der Waals surface area contributed by atoms with E-state index in [2.05, 4.69) is 18.2 Å². The Morgan fingerprint density at radius 2 is 2.00 bits per heavy atom. The van der Waals surface area contributed by atoms with Gasteiger partial charge in [0.15, 0.2) is 0 Å². The number of terminal acetylenes is 1. The maximum Gasteiger partial charge on any atom is 0.432 e. The highest BCUT2D eigenvalue weighted by atomic mass is 19.4. The third kappa shape index (κ3) is 2.16. The molecule has 4 heteroatoms. The number of hydrogen-bond donors (Lipinski definition) is 0. The molecule has 0 aliphatic heterocycles. The third-order valence-electron chi connectivity index (χ3n) is 2.77. The molecule has 0 atom stereocenters. The Labute approximate surface area is 108 Å². The topological polar surface area (TPSA) is 4.93 Å². The summed E-state index contributed by atoms with van der Waals surface area (Å²) in [6.07, 6.45) is 1.92. The van der Waals surface area contributed by atoms with Crippen molar-refractivity contribution in [2.75, 3.05) is 0 Å². The van der Waals surface area contributed by atoms with E-state index >= 15 is 0 Å². The maximum absolute atomic E-state index is 13.2. The minimum absolute atomic E-state index is 0.0494. The van der Waals surface area contributed by atoms with Crippen molar-refractivity contribution < 1.29 is 13.2 Å². The predicted molar refractivity (Wildman–Crippen MR) is 69.4 cm³/mol. The second-order valence-corrected chi connectivity index (χ2v) is 3.92. The summed E-state index contributed by atoms with van der Waals surface area (Å²) in [5.74, 6) is 2.26. The number of nitrogens with zero attached hydrogens (tertiary/aromatic N) is 1. The van der Waals surface area contributed by atoms with Gasteiger partial charge in [0.25, 0.3) is 0 Å². The first kappa shape index (κ1) is 13.1. The van der Waals surface area contributed by atoms with Gasteiger partial charge in [0.1, 0.15) is 5.69 Å². The molecule has 0 fully saturated rings. The van der Waals surface area contributed by atoms with Crippen molar-refractivity contribution in [1.82, 2.24) is 4.57 Å². The molecule has 96 valence electrons. The molecule has 1 aromatic heterocycles. The van der Waals surface area contributed by atoms with Crippen molar-refractivity contribution in [1.29, 1.82) is 0 Å². The number of alkyl halides is 3. The number of rotatable bonds is 2. The number of halogens is 3. The summed E-state index contributed by atoms with van der Waals surface area (Å²) < 4.78 is 40.8. The Hall–Kier alpha value is -2.37. The number of fused-ring (bicyclic) bond motifs is 1. The fourth-order valence-corrected chi connectivity index (χ4v) is 2.14. The lowest BCUT2D eigenvalue weighted by molar-refractivity contribution is -0.143. The van der Waals surface area contributed by atoms with Crippen LogP contribution in [0.15, 0.2) is 36.6 Å². The van der Waals surface area contributed by atoms with Crippen LogP contribution in [-0.4, -0.2) is 4.57 Å². The van der Waals surface area contributed by atoms with E-state index in [1.807, 2.05) is 0 Å². The van der Waals surface area contributed by atoms with Crippen LogP contribution in [0.2, 0.25) is 0 Å². The van der Waals surface area contributed by atoms with Gasteiger partial charge >= 0.3 is 6.18 Å². The minimum Gasteiger partial charge on any atom is -0.325 e. The van der Waals surface area contributed by atoms with E-state index in [0.717, 1.165) is 4.57 Å². The number of benzene rings is 1. The molecule has 1 aromatic carbocycles. The van der Waals surface area contributed by atoms with Crippen molar-refractivity contribution in [3.05, 3.63) is 47.8 Å². The normalized spacial score (nSPS) is 11.1. The van der Waals surface area contributed by atoms with Crippen LogP contribution in [0.3, 0.4) is 0 Å². The molecule has 0 aliphatic rings. The van der Waals surface area contributed by atoms with Crippen molar-refractivity contribution in [3.63, 3.8) is 0 Å². The van der Waals surface area contributed by atoms with Gasteiger partial charge < -0.3 is 4.57 Å². The minimum atomic E-state index is -4.49. The van der Waals surface area contributed by atoms with E-state index in [9.17, 15) is 13.2 Å². The van der Waals surface area contributed by atoms with E-state index in [4.69, 9.17) is 6.42 Å². The second kappa shape index (κ2) is 4.72. The third-order valence-corrected chi connectivity index (χ3v) is 2.77. The molecule has 1 heterocycles. The van der Waals surface area contributed by atoms with Crippen LogP contribution in [0.4, 0.5) is 13.2 Å². The molecule has 2 aromatic rings. The summed E-state index contributed by atoms with van der Waals surface area (Å²) in [6.45, 7) is 3.21. The molecule has 0 radical (unpaired) electrons. The number of para-hydroxylation sites is 1. The zero-order valence-corrected chi connectivity index (χ0v) is 9.96. The molecule has 0 saturated heterocycles. The zero-order chi connectivity index (χ0) is 14.0. The first-order chi connectivity index (χ1) is 9.00. The summed E-state index contributed by atoms with van der Waals surface area (Å²) in [6, 6.07) is 6.60. The lowest BCUT2D eigenvalue weighted by Crippen LogP contribution is -2.14. The highest BCUT2D eigenvalue weighted by Crippen LogP contribution is 2.38. The van der Waals surface area contributed by atoms with Gasteiger partial charge in [-0.15, -0.1) is 12.2 Å². The summed E-state index contributed by atoms with van der Waals surface area (Å²) in [4.78, 5) is 0. The molecule has 2 rings (SSSR count). The SMILES string of the molecule is C#CCn1c(C(F)(F)F)c(C=C=C)c2ccccc21. The molecule has 19 heavy (non-hydrogen) atoms. The van der Waals surface area contributed by atoms with Gasteiger partial charge in [-0.05, 0) is 12.1 Å². The van der Waals surface area contributed by atoms with Crippen LogP contribution in [0, 0.1) is 12.3 Å². The van der Waals surface area contributed by atoms with Crippen molar-refractivity contribution in [2.24, 2.45) is 0 Å². The van der Waals surface area contributed by atoms with E-state index in [0.29, 0.717) is 10.9 Å². The molecular weight excluding hydrogens is 251 g/mol. The highest BCUT2D eigenvalue weighted by molar-refractivity contribution is 5.91. The number of aromatic nitrogens is 1. The molecule has 0 bridgehead atoms. The largest absolute Gasteiger partial charge is 0.432 e. The van der Waals surface area contributed by atoms with E-state index in [1.165, 1.54) is 6.08 Å². The van der Waals surface area contributed by atoms with Gasteiger partial charge in [0.2, 0.25) is 0 Å². The fraction of sp³-hybridized carbons (Fsp3) is 0.133. The van der Waals surface area contributed by atoms with Gasteiger partial charge in [-0.25, -0.2) is 0 Å². The second-order valence-electron chi connectivity index (χ2n) is 3.92. The molecule has 0 unspecified atom stereocenters. The Balaban J connectivity index is 2.96. The first-order valence-corrected chi connectivity index (χ1v) is 5.48. The van der Waals surface area contributed by atoms with Gasteiger partial charge in [-0.2, -0.15) is 13.2 Å². The van der Waals surface area contributed by atoms with Crippen LogP contribution in [-0.2, 0) is 12.7 Å². The van der Waals surface area contributed by atoms with Gasteiger partial charge in [0.05, 0.1) is 12.1 Å². The van der Waals surface area contributed by atoms with Gasteiger partial charge in [0, 0.05) is 10.9 Å². The van der Waals surface area contributed by atoms with Crippen LogP contribution in [0.25, 0.3) is 17.0 Å². The molecular formula is C15H10F3N. The van der Waals surface area contributed by atoms with Crippen molar-refractivity contribution in [3.8, 4) is 12.3 Å². The quantitative estimate of drug-likeness (QED) is 0.566. The first-order valence-electron chi connectivity index (χ1n) is 5.48. The molecule has 0 amide bonds. The molecule has 0 saturated carbocycles. The summed E-state index contributed by atoms with van der Waals surface area (Å²) in [5.41, 5.74) is 2.15. The standard InChI is InChI=1S/C15H10F3N/c1-3-7-12-11-8-5-6-9-13(11)19(10-4-2)14(12)15(16,17)18/h2,5-9H,1,10H2. The molecule has 1 nitrogen and oxygen atoms in total. The highest BCUT2D eigenvalue weighted by Gasteiger charge is 2.38. The van der Waals surface area contributed by atoms with Crippen LogP contribution in [0.1, 0.15) is 11.3 Å². The lowest BCUT2D eigenvalue weighted by Gasteiger charge is -2.11. The van der Waals surface area contributed by atoms with Crippen molar-refractivity contribution >= 4 is 17.0 Å². The monoisotopic (exact) mass is 261 g/mol. The molecule has 0 aliphatic carbocycles. The maximum atomic E-state index is 13.2. The van der Waals surface area contributed by atoms with Crippen molar-refractivity contribution in [2.45, 2.75) is 12.7 Å². The van der Waals surface area contributed by atoms with Crippen LogP contribution in [0.5, 0.6) is 0 Å². The van der Waals surface area contributed by atoms with Gasteiger partial charge in [-0.1, -0.05) is 30.7 Å². The Bertz CT molecular complexity index is 707. The van der Waals surface area contributed by atoms with Crippen LogP contribution < -0.4 is 0 Å². The lowest BCUT2D eigenvalue weighted by atomic mass is 10.1. The average Bonchev–Trinajstić information content (AvgIpc) is 2.65. The summed E-state index contributed by atoms with van der Waals surface area (Å²) >= 11 is 0. The number of hydrogen-bond acceptors (Lipinski definition) is 0. The Morgan fingerprint density at radius 3 is 2.58 bits per heavy atom. The Kier molecular flexibility index (Phi) is 3.25. The van der Waals surface area contributed by atoms with E-state index in [1.54, 1.807) is 24.3 Å². The van der Waals surface area contributed by atoms with Crippen LogP contribution >= 0.6 is 0 Å². The average molecular weight is 261 g/mol. The molecule has 0 N–H and O–H groups in total. The van der Waals surface area contributed by atoms with Gasteiger partial charge in [-0.3, -0.25) is 0 Å².